The zero-order valence-electron chi connectivity index (χ0n) is 12.8. The highest BCUT2D eigenvalue weighted by Crippen LogP contribution is 2.15. The second kappa shape index (κ2) is 7.75. The van der Waals surface area contributed by atoms with E-state index in [2.05, 4.69) is 5.32 Å². The predicted molar refractivity (Wildman–Crippen MR) is 90.2 cm³/mol. The van der Waals surface area contributed by atoms with Crippen LogP contribution in [-0.4, -0.2) is 35.7 Å². The molecule has 0 aliphatic carbocycles. The highest BCUT2D eigenvalue weighted by Gasteiger charge is 2.06. The van der Waals surface area contributed by atoms with E-state index in [1.807, 2.05) is 54.6 Å². The third-order valence-corrected chi connectivity index (χ3v) is 4.57. The fourth-order valence-electron chi connectivity index (χ4n) is 1.91. The van der Waals surface area contributed by atoms with Crippen molar-refractivity contribution >= 4 is 22.4 Å². The Morgan fingerprint density at radius 3 is 2.50 bits per heavy atom. The minimum atomic E-state index is -1.07. The number of likely N-dealkylation sites (N-methyl/N-ethyl adjacent to an activating group) is 1. The standard InChI is InChI=1S/C17H20N2O2S/c1-19(2)17(20)12-18-15-8-6-7-14(11-15)13-22(21)16-9-4-3-5-10-16/h3-11,18H,12-13H2,1-2H3. The van der Waals surface area contributed by atoms with Gasteiger partial charge in [0.2, 0.25) is 5.91 Å². The van der Waals surface area contributed by atoms with Crippen LogP contribution in [0.4, 0.5) is 5.69 Å². The van der Waals surface area contributed by atoms with Crippen molar-refractivity contribution in [1.29, 1.82) is 0 Å². The number of hydrogen-bond donors (Lipinski definition) is 1. The van der Waals surface area contributed by atoms with Gasteiger partial charge in [0.05, 0.1) is 23.1 Å². The van der Waals surface area contributed by atoms with Crippen LogP contribution in [0.15, 0.2) is 59.5 Å². The number of anilines is 1. The summed E-state index contributed by atoms with van der Waals surface area (Å²) in [4.78, 5) is 13.9. The Hall–Kier alpha value is -2.14. The molecule has 0 spiro atoms. The number of rotatable bonds is 6. The Balaban J connectivity index is 1.99. The number of nitrogens with zero attached hydrogens (tertiary/aromatic N) is 1. The van der Waals surface area contributed by atoms with Gasteiger partial charge in [-0.15, -0.1) is 0 Å². The minimum Gasteiger partial charge on any atom is -0.376 e. The molecule has 0 heterocycles. The first-order valence-corrected chi connectivity index (χ1v) is 8.34. The van der Waals surface area contributed by atoms with Crippen molar-refractivity contribution in [3.63, 3.8) is 0 Å². The Morgan fingerprint density at radius 2 is 1.82 bits per heavy atom. The van der Waals surface area contributed by atoms with Crippen molar-refractivity contribution in [2.24, 2.45) is 0 Å². The molecule has 2 aromatic carbocycles. The van der Waals surface area contributed by atoms with Crippen LogP contribution < -0.4 is 5.32 Å². The predicted octanol–water partition coefficient (Wildman–Crippen LogP) is 2.49. The Kier molecular flexibility index (Phi) is 5.72. The molecule has 0 aliphatic heterocycles. The van der Waals surface area contributed by atoms with Crippen LogP contribution >= 0.6 is 0 Å². The first-order chi connectivity index (χ1) is 10.6. The first kappa shape index (κ1) is 16.2. The quantitative estimate of drug-likeness (QED) is 0.891. The molecule has 5 heteroatoms. The maximum Gasteiger partial charge on any atom is 0.241 e. The zero-order chi connectivity index (χ0) is 15.9. The van der Waals surface area contributed by atoms with E-state index in [1.54, 1.807) is 19.0 Å². The lowest BCUT2D eigenvalue weighted by Gasteiger charge is -2.12. The number of carbonyl (C=O) groups is 1. The molecule has 0 aliphatic rings. The molecule has 0 fully saturated rings. The second-order valence-electron chi connectivity index (χ2n) is 5.15. The molecule has 116 valence electrons. The van der Waals surface area contributed by atoms with Gasteiger partial charge in [0.1, 0.15) is 0 Å². The van der Waals surface area contributed by atoms with Crippen LogP contribution in [0, 0.1) is 0 Å². The summed E-state index contributed by atoms with van der Waals surface area (Å²) >= 11 is 0. The number of hydrogen-bond acceptors (Lipinski definition) is 3. The van der Waals surface area contributed by atoms with Crippen molar-refractivity contribution in [2.75, 3.05) is 26.0 Å². The third-order valence-electron chi connectivity index (χ3n) is 3.17. The molecule has 1 atom stereocenters. The maximum atomic E-state index is 12.3. The van der Waals surface area contributed by atoms with Crippen LogP contribution in [0.5, 0.6) is 0 Å². The summed E-state index contributed by atoms with van der Waals surface area (Å²) in [6, 6.07) is 17.1. The molecule has 2 aromatic rings. The van der Waals surface area contributed by atoms with Gasteiger partial charge in [0.15, 0.2) is 0 Å². The summed E-state index contributed by atoms with van der Waals surface area (Å²) in [5.41, 5.74) is 1.84. The summed E-state index contributed by atoms with van der Waals surface area (Å²) < 4.78 is 12.3. The number of benzene rings is 2. The van der Waals surface area contributed by atoms with Gasteiger partial charge in [-0.05, 0) is 29.8 Å². The monoisotopic (exact) mass is 316 g/mol. The topological polar surface area (TPSA) is 49.4 Å². The van der Waals surface area contributed by atoms with E-state index in [9.17, 15) is 9.00 Å². The van der Waals surface area contributed by atoms with Gasteiger partial charge in [-0.3, -0.25) is 9.00 Å². The zero-order valence-corrected chi connectivity index (χ0v) is 13.6. The van der Waals surface area contributed by atoms with E-state index in [0.717, 1.165) is 16.1 Å². The van der Waals surface area contributed by atoms with Crippen LogP contribution in [0.1, 0.15) is 5.56 Å². The van der Waals surface area contributed by atoms with E-state index in [1.165, 1.54) is 0 Å². The fourth-order valence-corrected chi connectivity index (χ4v) is 3.02. The van der Waals surface area contributed by atoms with Crippen molar-refractivity contribution in [3.05, 3.63) is 60.2 Å². The maximum absolute atomic E-state index is 12.3. The average Bonchev–Trinajstić information content (AvgIpc) is 2.53. The number of amides is 1. The molecule has 0 saturated carbocycles. The van der Waals surface area contributed by atoms with Gasteiger partial charge >= 0.3 is 0 Å². The van der Waals surface area contributed by atoms with Crippen LogP contribution in [0.3, 0.4) is 0 Å². The fraction of sp³-hybridized carbons (Fsp3) is 0.235. The highest BCUT2D eigenvalue weighted by atomic mass is 32.2. The molecular formula is C17H20N2O2S. The molecule has 1 N–H and O–H groups in total. The summed E-state index contributed by atoms with van der Waals surface area (Å²) in [5.74, 6) is 0.472. The Labute approximate surface area is 133 Å². The van der Waals surface area contributed by atoms with E-state index < -0.39 is 10.8 Å². The van der Waals surface area contributed by atoms with Crippen molar-refractivity contribution in [3.8, 4) is 0 Å². The second-order valence-corrected chi connectivity index (χ2v) is 6.60. The number of nitrogens with one attached hydrogen (secondary N) is 1. The molecule has 4 nitrogen and oxygen atoms in total. The molecule has 0 bridgehead atoms. The van der Waals surface area contributed by atoms with Crippen LogP contribution in [0.25, 0.3) is 0 Å². The molecule has 2 rings (SSSR count). The van der Waals surface area contributed by atoms with Gasteiger partial charge in [-0.25, -0.2) is 0 Å². The van der Waals surface area contributed by atoms with Crippen LogP contribution in [-0.2, 0) is 21.3 Å². The third kappa shape index (κ3) is 4.70. The molecule has 0 saturated heterocycles. The molecule has 1 unspecified atom stereocenters. The minimum absolute atomic E-state index is 0.0123. The lowest BCUT2D eigenvalue weighted by atomic mass is 10.2. The smallest absolute Gasteiger partial charge is 0.241 e. The number of carbonyl (C=O) groups excluding carboxylic acids is 1. The summed E-state index contributed by atoms with van der Waals surface area (Å²) in [7, 11) is 2.39. The van der Waals surface area contributed by atoms with Crippen molar-refractivity contribution in [2.45, 2.75) is 10.6 Å². The molecule has 0 aromatic heterocycles. The normalized spacial score (nSPS) is 11.7. The summed E-state index contributed by atoms with van der Waals surface area (Å²) in [6.45, 7) is 0.248. The van der Waals surface area contributed by atoms with Crippen molar-refractivity contribution in [1.82, 2.24) is 4.90 Å². The molecule has 1 amide bonds. The Morgan fingerprint density at radius 1 is 1.09 bits per heavy atom. The molecule has 22 heavy (non-hydrogen) atoms. The highest BCUT2D eigenvalue weighted by molar-refractivity contribution is 7.84. The first-order valence-electron chi connectivity index (χ1n) is 7.02. The summed E-state index contributed by atoms with van der Waals surface area (Å²) in [5, 5.41) is 3.09. The van der Waals surface area contributed by atoms with E-state index in [4.69, 9.17) is 0 Å². The lowest BCUT2D eigenvalue weighted by molar-refractivity contribution is -0.126. The van der Waals surface area contributed by atoms with Gasteiger partial charge in [0.25, 0.3) is 0 Å². The van der Waals surface area contributed by atoms with Gasteiger partial charge in [0, 0.05) is 24.7 Å². The van der Waals surface area contributed by atoms with Gasteiger partial charge < -0.3 is 10.2 Å². The van der Waals surface area contributed by atoms with E-state index in [0.29, 0.717) is 5.75 Å². The van der Waals surface area contributed by atoms with Gasteiger partial charge in [-0.2, -0.15) is 0 Å². The molecule has 0 radical (unpaired) electrons. The Bertz CT molecular complexity index is 657. The van der Waals surface area contributed by atoms with E-state index >= 15 is 0 Å². The summed E-state index contributed by atoms with van der Waals surface area (Å²) in [6.07, 6.45) is 0. The lowest BCUT2D eigenvalue weighted by Crippen LogP contribution is -2.28. The average molecular weight is 316 g/mol. The van der Waals surface area contributed by atoms with E-state index in [-0.39, 0.29) is 12.5 Å². The van der Waals surface area contributed by atoms with Crippen LogP contribution in [0.2, 0.25) is 0 Å². The molecular weight excluding hydrogens is 296 g/mol. The largest absolute Gasteiger partial charge is 0.376 e. The van der Waals surface area contributed by atoms with Gasteiger partial charge in [-0.1, -0.05) is 30.3 Å². The SMILES string of the molecule is CN(C)C(=O)CNc1cccc(CS(=O)c2ccccc2)c1. The van der Waals surface area contributed by atoms with Crippen molar-refractivity contribution < 1.29 is 9.00 Å².